The quantitative estimate of drug-likeness (QED) is 0.528. The normalized spacial score (nSPS) is 11.9. The number of carbonyl (C=O) groups is 2. The van der Waals surface area contributed by atoms with Gasteiger partial charge in [-0.2, -0.15) is 0 Å². The zero-order valence-electron chi connectivity index (χ0n) is 6.37. The summed E-state index contributed by atoms with van der Waals surface area (Å²) in [5.74, 6) is -1.32. The van der Waals surface area contributed by atoms with Gasteiger partial charge in [0, 0.05) is 0 Å². The van der Waals surface area contributed by atoms with Crippen molar-refractivity contribution in [2.45, 2.75) is 6.04 Å². The molecule has 0 aromatic heterocycles. The van der Waals surface area contributed by atoms with E-state index >= 15 is 0 Å². The Morgan fingerprint density at radius 2 is 1.91 bits per heavy atom. The second-order valence-corrected chi connectivity index (χ2v) is 1.74. The fraction of sp³-hybridized carbons (Fsp3) is 0.500. The smallest absolute Gasteiger partial charge is 0.323 e. The number of methoxy groups -OCH3 is 2. The summed E-state index contributed by atoms with van der Waals surface area (Å²) in [7, 11) is 2.39. The first-order valence-electron chi connectivity index (χ1n) is 2.88. The van der Waals surface area contributed by atoms with Crippen molar-refractivity contribution in [3.63, 3.8) is 0 Å². The summed E-state index contributed by atoms with van der Waals surface area (Å²) < 4.78 is 8.49. The van der Waals surface area contributed by atoms with Gasteiger partial charge in [0.15, 0.2) is 0 Å². The second-order valence-electron chi connectivity index (χ2n) is 1.74. The van der Waals surface area contributed by atoms with Gasteiger partial charge < -0.3 is 15.2 Å². The van der Waals surface area contributed by atoms with Gasteiger partial charge in [-0.05, 0) is 0 Å². The van der Waals surface area contributed by atoms with Crippen LogP contribution in [-0.4, -0.2) is 32.2 Å². The lowest BCUT2D eigenvalue weighted by atomic mass is 10.2. The molecule has 0 rings (SSSR count). The number of ether oxygens (including phenoxy) is 2. The number of nitrogens with two attached hydrogens (primary N) is 1. The van der Waals surface area contributed by atoms with Crippen LogP contribution in [0.25, 0.3) is 0 Å². The van der Waals surface area contributed by atoms with Gasteiger partial charge in [-0.3, -0.25) is 9.59 Å². The lowest BCUT2D eigenvalue weighted by Crippen LogP contribution is -2.34. The minimum Gasteiger partial charge on any atom is -0.469 e. The third kappa shape index (κ3) is 3.57. The van der Waals surface area contributed by atoms with E-state index in [-0.39, 0.29) is 0 Å². The first kappa shape index (κ1) is 9.90. The number of rotatable bonds is 3. The summed E-state index contributed by atoms with van der Waals surface area (Å²) in [5.41, 5.74) is 5.17. The highest BCUT2D eigenvalue weighted by molar-refractivity contribution is 5.89. The third-order valence-electron chi connectivity index (χ3n) is 0.990. The highest BCUT2D eigenvalue weighted by Crippen LogP contribution is 1.91. The van der Waals surface area contributed by atoms with Crippen molar-refractivity contribution in [2.24, 2.45) is 5.73 Å². The molecule has 5 nitrogen and oxygen atoms in total. The molecule has 0 amide bonds. The first-order chi connectivity index (χ1) is 5.11. The molecule has 5 heteroatoms. The Morgan fingerprint density at radius 3 is 2.27 bits per heavy atom. The average molecular weight is 160 g/mol. The van der Waals surface area contributed by atoms with Gasteiger partial charge in [-0.1, -0.05) is 0 Å². The molecule has 1 unspecified atom stereocenters. The maximum absolute atomic E-state index is 10.6. The zero-order chi connectivity index (χ0) is 8.85. The molecule has 0 heterocycles. The van der Waals surface area contributed by atoms with Crippen molar-refractivity contribution in [1.29, 1.82) is 0 Å². The molecule has 63 valence electrons. The fourth-order valence-corrected chi connectivity index (χ4v) is 0.419. The molecule has 1 radical (unpaired) electrons. The van der Waals surface area contributed by atoms with Crippen LogP contribution < -0.4 is 5.73 Å². The summed E-state index contributed by atoms with van der Waals surface area (Å²) in [4.78, 5) is 21.1. The average Bonchev–Trinajstić information content (AvgIpc) is 2.02. The van der Waals surface area contributed by atoms with Crippen molar-refractivity contribution in [1.82, 2.24) is 0 Å². The second kappa shape index (κ2) is 4.68. The standard InChI is InChI=1S/C6H10NO4/c1-10-5(8)3-4(7)6(9)11-2/h3-4H,7H2,1-2H3. The van der Waals surface area contributed by atoms with Crippen molar-refractivity contribution in [3.05, 3.63) is 6.42 Å². The molecule has 0 aromatic rings. The Hall–Kier alpha value is -1.10. The minimum absolute atomic E-state index is 0.650. The molecule has 0 aromatic carbocycles. The molecule has 1 atom stereocenters. The highest BCUT2D eigenvalue weighted by atomic mass is 16.5. The highest BCUT2D eigenvalue weighted by Gasteiger charge is 2.18. The van der Waals surface area contributed by atoms with E-state index in [2.05, 4.69) is 9.47 Å². The Labute approximate surface area is 64.5 Å². The van der Waals surface area contributed by atoms with E-state index in [4.69, 9.17) is 5.73 Å². The fourth-order valence-electron chi connectivity index (χ4n) is 0.419. The molecule has 0 aliphatic heterocycles. The van der Waals surface area contributed by atoms with Crippen LogP contribution >= 0.6 is 0 Å². The largest absolute Gasteiger partial charge is 0.469 e. The number of esters is 2. The van der Waals surface area contributed by atoms with Crippen molar-refractivity contribution >= 4 is 11.9 Å². The summed E-state index contributed by atoms with van der Waals surface area (Å²) in [6.45, 7) is 0. The third-order valence-corrected chi connectivity index (χ3v) is 0.990. The Balaban J connectivity index is 3.77. The van der Waals surface area contributed by atoms with Gasteiger partial charge in [0.2, 0.25) is 0 Å². The zero-order valence-corrected chi connectivity index (χ0v) is 6.37. The molecule has 0 bridgehead atoms. The molecule has 2 N–H and O–H groups in total. The van der Waals surface area contributed by atoms with Gasteiger partial charge in [0.1, 0.15) is 6.04 Å². The van der Waals surface area contributed by atoms with Gasteiger partial charge in [0.05, 0.1) is 20.6 Å². The summed E-state index contributed by atoms with van der Waals surface area (Å²) in [6, 6.07) is -1.05. The van der Waals surface area contributed by atoms with Crippen LogP contribution in [0.3, 0.4) is 0 Å². The molecule has 0 spiro atoms. The maximum Gasteiger partial charge on any atom is 0.323 e. The van der Waals surface area contributed by atoms with Crippen LogP contribution in [0.1, 0.15) is 0 Å². The van der Waals surface area contributed by atoms with E-state index < -0.39 is 18.0 Å². The van der Waals surface area contributed by atoms with Crippen LogP contribution in [0.4, 0.5) is 0 Å². The van der Waals surface area contributed by atoms with E-state index in [0.717, 1.165) is 6.42 Å². The Kier molecular flexibility index (Phi) is 4.21. The van der Waals surface area contributed by atoms with Gasteiger partial charge in [0.25, 0.3) is 0 Å². The maximum atomic E-state index is 10.6. The lowest BCUT2D eigenvalue weighted by Gasteiger charge is -2.05. The van der Waals surface area contributed by atoms with E-state index in [1.165, 1.54) is 14.2 Å². The van der Waals surface area contributed by atoms with E-state index in [1.54, 1.807) is 0 Å². The summed E-state index contributed by atoms with van der Waals surface area (Å²) >= 11 is 0. The minimum atomic E-state index is -1.05. The number of hydrogen-bond donors (Lipinski definition) is 1. The Morgan fingerprint density at radius 1 is 1.36 bits per heavy atom. The van der Waals surface area contributed by atoms with Crippen LogP contribution in [0.2, 0.25) is 0 Å². The topological polar surface area (TPSA) is 78.6 Å². The summed E-state index contributed by atoms with van der Waals surface area (Å²) in [5, 5.41) is 0. The van der Waals surface area contributed by atoms with Gasteiger partial charge in [-0.15, -0.1) is 0 Å². The number of hydrogen-bond acceptors (Lipinski definition) is 5. The van der Waals surface area contributed by atoms with Gasteiger partial charge >= 0.3 is 11.9 Å². The summed E-state index contributed by atoms with van der Waals surface area (Å²) in [6.07, 6.45) is 0.936. The van der Waals surface area contributed by atoms with Crippen LogP contribution in [-0.2, 0) is 19.1 Å². The van der Waals surface area contributed by atoms with Crippen molar-refractivity contribution < 1.29 is 19.1 Å². The molecule has 0 aliphatic carbocycles. The molecule has 0 fully saturated rings. The van der Waals surface area contributed by atoms with Crippen LogP contribution in [0.15, 0.2) is 0 Å². The van der Waals surface area contributed by atoms with Crippen molar-refractivity contribution in [2.75, 3.05) is 14.2 Å². The van der Waals surface area contributed by atoms with E-state index in [9.17, 15) is 9.59 Å². The van der Waals surface area contributed by atoms with Gasteiger partial charge in [-0.25, -0.2) is 0 Å². The molecule has 0 saturated carbocycles. The van der Waals surface area contributed by atoms with E-state index in [1.807, 2.05) is 0 Å². The molecular weight excluding hydrogens is 150 g/mol. The molecule has 0 aliphatic rings. The van der Waals surface area contributed by atoms with Crippen LogP contribution in [0, 0.1) is 6.42 Å². The predicted molar refractivity (Wildman–Crippen MR) is 36.3 cm³/mol. The Bertz CT molecular complexity index is 157. The van der Waals surface area contributed by atoms with Crippen LogP contribution in [0.5, 0.6) is 0 Å². The molecule has 11 heavy (non-hydrogen) atoms. The molecule has 0 saturated heterocycles. The number of carbonyl (C=O) groups excluding carboxylic acids is 2. The van der Waals surface area contributed by atoms with Crippen molar-refractivity contribution in [3.8, 4) is 0 Å². The predicted octanol–water partition coefficient (Wildman–Crippen LogP) is -1.14. The first-order valence-corrected chi connectivity index (χ1v) is 2.88. The van der Waals surface area contributed by atoms with E-state index in [0.29, 0.717) is 0 Å². The SMILES string of the molecule is COC(=O)[CH]C(N)C(=O)OC. The lowest BCUT2D eigenvalue weighted by molar-refractivity contribution is -0.144. The molecular formula is C6H10NO4. The monoisotopic (exact) mass is 160 g/mol.